The Morgan fingerprint density at radius 3 is 1.73 bits per heavy atom. The number of fused-ring (bicyclic) bond motifs is 6. The Bertz CT molecular complexity index is 3240. The van der Waals surface area contributed by atoms with E-state index >= 15 is 0 Å². The summed E-state index contributed by atoms with van der Waals surface area (Å²) in [5, 5.41) is 4.83. The van der Waals surface area contributed by atoms with Crippen LogP contribution in [0.4, 0.5) is 0 Å². The van der Waals surface area contributed by atoms with Crippen molar-refractivity contribution in [1.29, 1.82) is 0 Å². The average molecular weight is 733 g/mol. The maximum atomic E-state index is 6.38. The van der Waals surface area contributed by atoms with E-state index in [-0.39, 0.29) is 0 Å². The first kappa shape index (κ1) is 32.3. The summed E-state index contributed by atoms with van der Waals surface area (Å²) in [4.78, 5) is 10.4. The molecule has 0 saturated carbocycles. The van der Waals surface area contributed by atoms with Gasteiger partial charge in [0.15, 0.2) is 5.82 Å². The smallest absolute Gasteiger partial charge is 0.160 e. The summed E-state index contributed by atoms with van der Waals surface area (Å²) in [6.45, 7) is 0. The Labute approximate surface area is 327 Å². The zero-order valence-electron chi connectivity index (χ0n) is 30.2. The predicted molar refractivity (Wildman–Crippen MR) is 235 cm³/mol. The number of furan rings is 1. The van der Waals surface area contributed by atoms with E-state index in [4.69, 9.17) is 14.4 Å². The Kier molecular flexibility index (Phi) is 7.68. The summed E-state index contributed by atoms with van der Waals surface area (Å²) in [5.74, 6) is 0.687. The summed E-state index contributed by atoms with van der Waals surface area (Å²) >= 11 is 1.84. The molecule has 0 aliphatic heterocycles. The first-order chi connectivity index (χ1) is 27.7. The summed E-state index contributed by atoms with van der Waals surface area (Å²) in [7, 11) is 0. The minimum Gasteiger partial charge on any atom is -0.455 e. The molecule has 0 spiro atoms. The molecule has 0 N–H and O–H groups in total. The molecule has 0 amide bonds. The molecule has 0 aliphatic carbocycles. The van der Waals surface area contributed by atoms with Crippen LogP contribution in [0, 0.1) is 0 Å². The molecule has 4 heteroatoms. The van der Waals surface area contributed by atoms with Crippen molar-refractivity contribution in [1.82, 2.24) is 9.97 Å². The molecule has 0 fully saturated rings. The van der Waals surface area contributed by atoms with Crippen LogP contribution in [0.3, 0.4) is 0 Å². The molecule has 262 valence electrons. The Morgan fingerprint density at radius 2 is 0.929 bits per heavy atom. The summed E-state index contributed by atoms with van der Waals surface area (Å²) in [6.07, 6.45) is 0. The van der Waals surface area contributed by atoms with Gasteiger partial charge in [-0.3, -0.25) is 0 Å². The van der Waals surface area contributed by atoms with Gasteiger partial charge in [0.2, 0.25) is 0 Å². The van der Waals surface area contributed by atoms with E-state index in [1.807, 2.05) is 41.7 Å². The molecule has 3 heterocycles. The number of thiophene rings is 1. The molecule has 11 rings (SSSR count). The predicted octanol–water partition coefficient (Wildman–Crippen LogP) is 14.7. The lowest BCUT2D eigenvalue weighted by Gasteiger charge is -2.13. The van der Waals surface area contributed by atoms with Gasteiger partial charge in [0.1, 0.15) is 11.2 Å². The fourth-order valence-electron chi connectivity index (χ4n) is 7.90. The van der Waals surface area contributed by atoms with Crippen molar-refractivity contribution in [3.05, 3.63) is 194 Å². The molecule has 0 radical (unpaired) electrons. The van der Waals surface area contributed by atoms with Crippen LogP contribution in [0.5, 0.6) is 0 Å². The standard InChI is InChI=1S/C52H32N2OS/c1-3-12-33(13-4-1)38-28-39(37-26-27-50-45(31-37)43-17-8-10-21-49(43)56-50)30-40(29-38)47-32-46(53-52(54-47)36-14-5-2-6-15-36)35-24-22-34(23-25-35)41-18-11-19-44-42-16-7-9-20-48(42)55-51(41)44/h1-32H. The number of para-hydroxylation sites is 2. The minimum atomic E-state index is 0.687. The van der Waals surface area contributed by atoms with Gasteiger partial charge in [-0.2, -0.15) is 0 Å². The van der Waals surface area contributed by atoms with E-state index in [9.17, 15) is 0 Å². The first-order valence-corrected chi connectivity index (χ1v) is 19.6. The molecule has 0 unspecified atom stereocenters. The number of nitrogens with zero attached hydrogens (tertiary/aromatic N) is 2. The van der Waals surface area contributed by atoms with Gasteiger partial charge in [0.25, 0.3) is 0 Å². The molecule has 3 nitrogen and oxygen atoms in total. The fraction of sp³-hybridized carbons (Fsp3) is 0. The van der Waals surface area contributed by atoms with Gasteiger partial charge in [0.05, 0.1) is 11.4 Å². The van der Waals surface area contributed by atoms with Gasteiger partial charge in [-0.1, -0.05) is 146 Å². The number of rotatable bonds is 6. The second kappa shape index (κ2) is 13.3. The quantitative estimate of drug-likeness (QED) is 0.171. The number of hydrogen-bond acceptors (Lipinski definition) is 4. The SMILES string of the molecule is c1ccc(-c2cc(-c3ccc4sc5ccccc5c4c3)cc(-c3cc(-c4ccc(-c5cccc6c5oc5ccccc56)cc4)nc(-c4ccccc4)n3)c2)cc1. The van der Waals surface area contributed by atoms with Crippen molar-refractivity contribution in [3.8, 4) is 67.3 Å². The maximum absolute atomic E-state index is 6.38. The lowest BCUT2D eigenvalue weighted by Crippen LogP contribution is -1.96. The molecular formula is C52H32N2OS. The van der Waals surface area contributed by atoms with Gasteiger partial charge in [0, 0.05) is 53.2 Å². The topological polar surface area (TPSA) is 38.9 Å². The van der Waals surface area contributed by atoms with E-state index in [0.717, 1.165) is 77.8 Å². The average Bonchev–Trinajstić information content (AvgIpc) is 3.85. The third kappa shape index (κ3) is 5.67. The number of aromatic nitrogens is 2. The lowest BCUT2D eigenvalue weighted by atomic mass is 9.94. The highest BCUT2D eigenvalue weighted by Crippen LogP contribution is 2.40. The fourth-order valence-corrected chi connectivity index (χ4v) is 8.99. The molecule has 8 aromatic carbocycles. The van der Waals surface area contributed by atoms with Gasteiger partial charge in [-0.15, -0.1) is 11.3 Å². The number of hydrogen-bond donors (Lipinski definition) is 0. The highest BCUT2D eigenvalue weighted by molar-refractivity contribution is 7.25. The highest BCUT2D eigenvalue weighted by Gasteiger charge is 2.16. The molecule has 11 aromatic rings. The zero-order chi connectivity index (χ0) is 37.0. The van der Waals surface area contributed by atoms with Gasteiger partial charge in [-0.05, 0) is 76.3 Å². The highest BCUT2D eigenvalue weighted by atomic mass is 32.1. The van der Waals surface area contributed by atoms with Crippen LogP contribution in [-0.2, 0) is 0 Å². The third-order valence-electron chi connectivity index (χ3n) is 10.7. The van der Waals surface area contributed by atoms with Crippen LogP contribution in [-0.4, -0.2) is 9.97 Å². The van der Waals surface area contributed by atoms with Crippen LogP contribution >= 0.6 is 11.3 Å². The van der Waals surface area contributed by atoms with E-state index in [1.54, 1.807) is 0 Å². The second-order valence-electron chi connectivity index (χ2n) is 14.2. The largest absolute Gasteiger partial charge is 0.455 e. The number of benzene rings is 8. The van der Waals surface area contributed by atoms with Crippen molar-refractivity contribution in [3.63, 3.8) is 0 Å². The lowest BCUT2D eigenvalue weighted by molar-refractivity contribution is 0.670. The third-order valence-corrected chi connectivity index (χ3v) is 11.9. The summed E-state index contributed by atoms with van der Waals surface area (Å²) in [6, 6.07) is 68.6. The van der Waals surface area contributed by atoms with Gasteiger partial charge >= 0.3 is 0 Å². The second-order valence-corrected chi connectivity index (χ2v) is 15.2. The van der Waals surface area contributed by atoms with E-state index in [1.165, 1.54) is 25.7 Å². The molecule has 56 heavy (non-hydrogen) atoms. The van der Waals surface area contributed by atoms with E-state index in [0.29, 0.717) is 5.82 Å². The maximum Gasteiger partial charge on any atom is 0.160 e. The molecule has 0 bridgehead atoms. The van der Waals surface area contributed by atoms with Crippen LogP contribution in [0.25, 0.3) is 109 Å². The summed E-state index contributed by atoms with van der Waals surface area (Å²) < 4.78 is 8.98. The van der Waals surface area contributed by atoms with Crippen LogP contribution in [0.2, 0.25) is 0 Å². The Balaban J connectivity index is 1.06. The van der Waals surface area contributed by atoms with Crippen molar-refractivity contribution in [2.75, 3.05) is 0 Å². The molecule has 3 aromatic heterocycles. The molecule has 0 saturated heterocycles. The Hall–Kier alpha value is -7.14. The molecule has 0 aliphatic rings. The van der Waals surface area contributed by atoms with E-state index in [2.05, 4.69) is 164 Å². The van der Waals surface area contributed by atoms with Gasteiger partial charge in [-0.25, -0.2) is 9.97 Å². The molecule has 0 atom stereocenters. The van der Waals surface area contributed by atoms with Crippen LogP contribution in [0.1, 0.15) is 0 Å². The first-order valence-electron chi connectivity index (χ1n) is 18.8. The van der Waals surface area contributed by atoms with Crippen LogP contribution in [0.15, 0.2) is 199 Å². The van der Waals surface area contributed by atoms with Crippen molar-refractivity contribution < 1.29 is 4.42 Å². The minimum absolute atomic E-state index is 0.687. The molecular weight excluding hydrogens is 701 g/mol. The van der Waals surface area contributed by atoms with Crippen molar-refractivity contribution in [2.45, 2.75) is 0 Å². The Morgan fingerprint density at radius 1 is 0.339 bits per heavy atom. The normalized spacial score (nSPS) is 11.6. The summed E-state index contributed by atoms with van der Waals surface area (Å²) in [5.41, 5.74) is 13.3. The van der Waals surface area contributed by atoms with Crippen molar-refractivity contribution in [2.24, 2.45) is 0 Å². The van der Waals surface area contributed by atoms with E-state index < -0.39 is 0 Å². The van der Waals surface area contributed by atoms with Crippen molar-refractivity contribution >= 4 is 53.4 Å². The monoisotopic (exact) mass is 732 g/mol. The van der Waals surface area contributed by atoms with Gasteiger partial charge < -0.3 is 4.42 Å². The zero-order valence-corrected chi connectivity index (χ0v) is 31.0. The van der Waals surface area contributed by atoms with Crippen LogP contribution < -0.4 is 0 Å².